The van der Waals surface area contributed by atoms with Crippen molar-refractivity contribution < 1.29 is 21.9 Å². The summed E-state index contributed by atoms with van der Waals surface area (Å²) in [7, 11) is -3.92. The lowest BCUT2D eigenvalue weighted by Crippen LogP contribution is -2.69. The lowest BCUT2D eigenvalue weighted by molar-refractivity contribution is -0.294. The molecule has 6 heteroatoms. The Kier molecular flexibility index (Phi) is 3.85. The number of allylic oxidation sites excluding steroid dienone is 1. The smallest absolute Gasteiger partial charge is 0.393 e. The van der Waals surface area contributed by atoms with Crippen molar-refractivity contribution in [3.05, 3.63) is 11.6 Å². The predicted octanol–water partition coefficient (Wildman–Crippen LogP) is 3.93. The van der Waals surface area contributed by atoms with E-state index in [4.69, 9.17) is 8.37 Å². The van der Waals surface area contributed by atoms with Gasteiger partial charge in [0.05, 0.1) is 6.10 Å². The minimum Gasteiger partial charge on any atom is -0.393 e. The summed E-state index contributed by atoms with van der Waals surface area (Å²) in [5, 5.41) is 10.4. The zero-order valence-electron chi connectivity index (χ0n) is 16.6. The third-order valence-corrected chi connectivity index (χ3v) is 10.3. The first-order valence-corrected chi connectivity index (χ1v) is 12.0. The summed E-state index contributed by atoms with van der Waals surface area (Å²) in [5.41, 5.74) is 1.09. The lowest BCUT2D eigenvalue weighted by atomic mass is 9.46. The van der Waals surface area contributed by atoms with E-state index in [0.29, 0.717) is 29.6 Å². The molecule has 152 valence electrons. The summed E-state index contributed by atoms with van der Waals surface area (Å²) in [6.07, 6.45) is 9.71. The topological polar surface area (TPSA) is 72.8 Å². The first kappa shape index (κ1) is 18.6. The van der Waals surface area contributed by atoms with Gasteiger partial charge in [0.15, 0.2) is 0 Å². The van der Waals surface area contributed by atoms with Crippen LogP contribution in [-0.2, 0) is 18.8 Å². The molecule has 3 unspecified atom stereocenters. The van der Waals surface area contributed by atoms with Crippen molar-refractivity contribution in [3.63, 3.8) is 0 Å². The van der Waals surface area contributed by atoms with E-state index in [-0.39, 0.29) is 6.42 Å². The van der Waals surface area contributed by atoms with Crippen molar-refractivity contribution >= 4 is 10.4 Å². The van der Waals surface area contributed by atoms with E-state index >= 15 is 0 Å². The van der Waals surface area contributed by atoms with Gasteiger partial charge in [-0.3, -0.25) is 0 Å². The van der Waals surface area contributed by atoms with Gasteiger partial charge in [-0.2, -0.15) is 8.42 Å². The van der Waals surface area contributed by atoms with Gasteiger partial charge >= 0.3 is 10.4 Å². The quantitative estimate of drug-likeness (QED) is 0.680. The van der Waals surface area contributed by atoms with Crippen molar-refractivity contribution in [1.29, 1.82) is 0 Å². The highest BCUT2D eigenvalue weighted by molar-refractivity contribution is 7.82. The Morgan fingerprint density at radius 1 is 1.19 bits per heavy atom. The standard InChI is InChI=1S/C21H32O5S/c1-4-13-6-8-17-16-7-5-14-11-15(22)12-21(25-27(23,24)26-21)20(14,3)18(16)9-10-19(13,17)2/h5,13,15-18,22H,4,6-12H2,1-3H3/t13-,15-,16?,17?,18?,19-,20-/m0/s1. The molecule has 1 N–H and O–H groups in total. The van der Waals surface area contributed by atoms with Gasteiger partial charge in [-0.25, -0.2) is 8.37 Å². The highest BCUT2D eigenvalue weighted by atomic mass is 32.3. The average Bonchev–Trinajstić information content (AvgIpc) is 2.91. The molecule has 0 aromatic heterocycles. The average molecular weight is 397 g/mol. The van der Waals surface area contributed by atoms with Crippen LogP contribution in [0.5, 0.6) is 0 Å². The number of fused-ring (bicyclic) bond motifs is 6. The predicted molar refractivity (Wildman–Crippen MR) is 101 cm³/mol. The van der Waals surface area contributed by atoms with Gasteiger partial charge in [0.2, 0.25) is 5.79 Å². The molecule has 27 heavy (non-hydrogen) atoms. The van der Waals surface area contributed by atoms with Gasteiger partial charge in [-0.15, -0.1) is 0 Å². The minimum atomic E-state index is -3.92. The number of hydrogen-bond acceptors (Lipinski definition) is 5. The number of hydrogen-bond donors (Lipinski definition) is 1. The van der Waals surface area contributed by atoms with Crippen molar-refractivity contribution in [2.24, 2.45) is 34.5 Å². The largest absolute Gasteiger partial charge is 0.405 e. The van der Waals surface area contributed by atoms with Crippen LogP contribution in [-0.4, -0.2) is 25.4 Å². The molecular weight excluding hydrogens is 364 g/mol. The van der Waals surface area contributed by atoms with Crippen molar-refractivity contribution in [2.45, 2.75) is 84.0 Å². The van der Waals surface area contributed by atoms with Crippen molar-refractivity contribution in [2.75, 3.05) is 0 Å². The molecule has 4 fully saturated rings. The Morgan fingerprint density at radius 3 is 2.59 bits per heavy atom. The highest BCUT2D eigenvalue weighted by Gasteiger charge is 2.72. The second-order valence-corrected chi connectivity index (χ2v) is 11.3. The highest BCUT2D eigenvalue weighted by Crippen LogP contribution is 2.70. The molecule has 1 heterocycles. The normalized spacial score (nSPS) is 52.3. The van der Waals surface area contributed by atoms with Gasteiger partial charge in [0.25, 0.3) is 0 Å². The van der Waals surface area contributed by atoms with E-state index in [1.807, 2.05) is 0 Å². The second-order valence-electron chi connectivity index (χ2n) is 10.2. The maximum atomic E-state index is 11.8. The van der Waals surface area contributed by atoms with Gasteiger partial charge in [0.1, 0.15) is 0 Å². The Hall–Kier alpha value is -0.430. The Balaban J connectivity index is 1.56. The summed E-state index contributed by atoms with van der Waals surface area (Å²) < 4.78 is 34.6. The fourth-order valence-electron chi connectivity index (χ4n) is 8.09. The fraction of sp³-hybridized carbons (Fsp3) is 0.905. The van der Waals surface area contributed by atoms with Crippen LogP contribution < -0.4 is 0 Å². The van der Waals surface area contributed by atoms with Crippen molar-refractivity contribution in [3.8, 4) is 0 Å². The van der Waals surface area contributed by atoms with E-state index in [1.165, 1.54) is 25.7 Å². The lowest BCUT2D eigenvalue weighted by Gasteiger charge is -2.64. The molecule has 3 saturated carbocycles. The molecule has 0 amide bonds. The summed E-state index contributed by atoms with van der Waals surface area (Å²) in [6.45, 7) is 6.96. The van der Waals surface area contributed by atoms with Crippen LogP contribution in [0.3, 0.4) is 0 Å². The van der Waals surface area contributed by atoms with E-state index < -0.39 is 27.7 Å². The van der Waals surface area contributed by atoms with Crippen LogP contribution in [0.25, 0.3) is 0 Å². The number of aliphatic hydroxyl groups excluding tert-OH is 1. The monoisotopic (exact) mass is 396 g/mol. The second kappa shape index (κ2) is 5.59. The maximum Gasteiger partial charge on any atom is 0.405 e. The zero-order chi connectivity index (χ0) is 19.2. The van der Waals surface area contributed by atoms with Crippen LogP contribution in [0, 0.1) is 34.5 Å². The third-order valence-electron chi connectivity index (χ3n) is 9.40. The number of aliphatic hydroxyl groups is 1. The zero-order valence-corrected chi connectivity index (χ0v) is 17.4. The molecule has 5 rings (SSSR count). The first-order chi connectivity index (χ1) is 12.7. The molecule has 5 nitrogen and oxygen atoms in total. The summed E-state index contributed by atoms with van der Waals surface area (Å²) in [5.74, 6) is 1.19. The summed E-state index contributed by atoms with van der Waals surface area (Å²) in [4.78, 5) is 0. The van der Waals surface area contributed by atoms with Crippen LogP contribution in [0.4, 0.5) is 0 Å². The molecule has 0 aromatic rings. The summed E-state index contributed by atoms with van der Waals surface area (Å²) >= 11 is 0. The molecule has 4 aliphatic carbocycles. The third kappa shape index (κ3) is 2.24. The minimum absolute atomic E-state index is 0.239. The molecule has 1 aliphatic heterocycles. The Bertz CT molecular complexity index is 776. The van der Waals surface area contributed by atoms with Crippen LogP contribution in [0.1, 0.15) is 72.1 Å². The van der Waals surface area contributed by atoms with Crippen LogP contribution in [0.2, 0.25) is 0 Å². The maximum absolute atomic E-state index is 11.8. The molecule has 1 saturated heterocycles. The molecule has 7 atom stereocenters. The van der Waals surface area contributed by atoms with E-state index in [2.05, 4.69) is 26.8 Å². The van der Waals surface area contributed by atoms with Crippen LogP contribution >= 0.6 is 0 Å². The van der Waals surface area contributed by atoms with Gasteiger partial charge in [-0.1, -0.05) is 38.8 Å². The number of rotatable bonds is 1. The molecule has 5 aliphatic rings. The summed E-state index contributed by atoms with van der Waals surface area (Å²) in [6, 6.07) is 0. The van der Waals surface area contributed by atoms with E-state index in [1.54, 1.807) is 0 Å². The van der Waals surface area contributed by atoms with Gasteiger partial charge in [-0.05, 0) is 67.6 Å². The Labute approximate surface area is 162 Å². The first-order valence-electron chi connectivity index (χ1n) is 10.7. The van der Waals surface area contributed by atoms with E-state index in [9.17, 15) is 13.5 Å². The van der Waals surface area contributed by atoms with Gasteiger partial charge < -0.3 is 5.11 Å². The fourth-order valence-corrected chi connectivity index (χ4v) is 9.24. The molecule has 1 spiro atoms. The molecule has 0 aromatic carbocycles. The SMILES string of the molecule is CC[C@H]1CCC2C3CC=C4C[C@H](O)CC5(OS(=O)(=O)O5)[C@]4(C)C3CC[C@]21C. The van der Waals surface area contributed by atoms with Gasteiger partial charge in [0, 0.05) is 11.8 Å². The Morgan fingerprint density at radius 2 is 1.93 bits per heavy atom. The molecule has 0 bridgehead atoms. The van der Waals surface area contributed by atoms with Crippen molar-refractivity contribution in [1.82, 2.24) is 0 Å². The molecular formula is C21H32O5S. The van der Waals surface area contributed by atoms with E-state index in [0.717, 1.165) is 24.3 Å². The van der Waals surface area contributed by atoms with Crippen LogP contribution in [0.15, 0.2) is 11.6 Å². The molecule has 0 radical (unpaired) electrons.